The molecule has 0 atom stereocenters. The van der Waals surface area contributed by atoms with Crippen LogP contribution in [0.25, 0.3) is 0 Å². The van der Waals surface area contributed by atoms with Gasteiger partial charge in [0.25, 0.3) is 0 Å². The fourth-order valence-electron chi connectivity index (χ4n) is 1.68. The average molecular weight is 214 g/mol. The minimum Gasteiger partial charge on any atom is -0.330 e. The van der Waals surface area contributed by atoms with E-state index in [1.54, 1.807) is 0 Å². The summed E-state index contributed by atoms with van der Waals surface area (Å²) < 4.78 is 0. The van der Waals surface area contributed by atoms with Gasteiger partial charge in [-0.3, -0.25) is 0 Å². The van der Waals surface area contributed by atoms with Crippen LogP contribution in [0.15, 0.2) is 0 Å². The van der Waals surface area contributed by atoms with Crippen molar-refractivity contribution in [1.82, 2.24) is 5.32 Å². The summed E-state index contributed by atoms with van der Waals surface area (Å²) in [4.78, 5) is 0. The van der Waals surface area contributed by atoms with Crippen molar-refractivity contribution in [1.29, 1.82) is 0 Å². The molecule has 15 heavy (non-hydrogen) atoms. The highest BCUT2D eigenvalue weighted by Gasteiger charge is 1.94. The molecule has 0 amide bonds. The van der Waals surface area contributed by atoms with Crippen molar-refractivity contribution in [2.24, 2.45) is 11.7 Å². The number of nitrogens with one attached hydrogen (secondary N) is 1. The van der Waals surface area contributed by atoms with E-state index in [1.807, 2.05) is 0 Å². The van der Waals surface area contributed by atoms with E-state index in [1.165, 1.54) is 45.1 Å². The molecule has 0 radical (unpaired) electrons. The number of rotatable bonds is 11. The van der Waals surface area contributed by atoms with Crippen molar-refractivity contribution in [3.63, 3.8) is 0 Å². The summed E-state index contributed by atoms with van der Waals surface area (Å²) in [5.41, 5.74) is 5.42. The van der Waals surface area contributed by atoms with E-state index in [9.17, 15) is 0 Å². The Kier molecular flexibility index (Phi) is 11.9. The van der Waals surface area contributed by atoms with Crippen LogP contribution in [0, 0.1) is 5.92 Å². The maximum Gasteiger partial charge on any atom is -0.00484 e. The summed E-state index contributed by atoms with van der Waals surface area (Å²) in [6.07, 6.45) is 9.31. The van der Waals surface area contributed by atoms with Crippen LogP contribution in [0.1, 0.15) is 58.8 Å². The third kappa shape index (κ3) is 13.9. The van der Waals surface area contributed by atoms with Crippen LogP contribution in [0.5, 0.6) is 0 Å². The molecule has 2 heteroatoms. The molecule has 0 unspecified atom stereocenters. The number of hydrogen-bond donors (Lipinski definition) is 2. The van der Waals surface area contributed by atoms with Crippen LogP contribution in [-0.4, -0.2) is 19.6 Å². The van der Waals surface area contributed by atoms with Crippen LogP contribution < -0.4 is 11.1 Å². The van der Waals surface area contributed by atoms with Gasteiger partial charge in [-0.15, -0.1) is 0 Å². The van der Waals surface area contributed by atoms with Gasteiger partial charge in [-0.2, -0.15) is 0 Å². The fraction of sp³-hybridized carbons (Fsp3) is 1.00. The lowest BCUT2D eigenvalue weighted by Crippen LogP contribution is -2.17. The highest BCUT2D eigenvalue weighted by molar-refractivity contribution is 4.52. The molecule has 0 fully saturated rings. The summed E-state index contributed by atoms with van der Waals surface area (Å²) in [6.45, 7) is 7.77. The van der Waals surface area contributed by atoms with Crippen LogP contribution in [0.3, 0.4) is 0 Å². The van der Waals surface area contributed by atoms with E-state index in [0.29, 0.717) is 0 Å². The molecular formula is C13H30N2. The second-order valence-corrected chi connectivity index (χ2v) is 4.84. The van der Waals surface area contributed by atoms with Gasteiger partial charge >= 0.3 is 0 Å². The first-order valence-corrected chi connectivity index (χ1v) is 6.68. The minimum atomic E-state index is 0.830. The van der Waals surface area contributed by atoms with Gasteiger partial charge in [-0.25, -0.2) is 0 Å². The molecule has 0 aliphatic rings. The average Bonchev–Trinajstić information content (AvgIpc) is 2.20. The lowest BCUT2D eigenvalue weighted by molar-refractivity contribution is 0.510. The quantitative estimate of drug-likeness (QED) is 0.519. The Morgan fingerprint density at radius 2 is 1.47 bits per heavy atom. The molecule has 0 aliphatic heterocycles. The van der Waals surface area contributed by atoms with Gasteiger partial charge in [0, 0.05) is 0 Å². The Balaban J connectivity index is 2.87. The zero-order valence-electron chi connectivity index (χ0n) is 10.7. The van der Waals surface area contributed by atoms with Gasteiger partial charge in [0.1, 0.15) is 0 Å². The predicted octanol–water partition coefficient (Wildman–Crippen LogP) is 2.92. The van der Waals surface area contributed by atoms with E-state index in [2.05, 4.69) is 19.2 Å². The van der Waals surface area contributed by atoms with Gasteiger partial charge < -0.3 is 11.1 Å². The second kappa shape index (κ2) is 12.0. The Bertz CT molecular complexity index is 113. The molecule has 0 saturated carbocycles. The summed E-state index contributed by atoms with van der Waals surface area (Å²) in [7, 11) is 0. The Hall–Kier alpha value is -0.0800. The van der Waals surface area contributed by atoms with Crippen LogP contribution >= 0.6 is 0 Å². The van der Waals surface area contributed by atoms with E-state index in [-0.39, 0.29) is 0 Å². The van der Waals surface area contributed by atoms with Crippen molar-refractivity contribution in [3.8, 4) is 0 Å². The van der Waals surface area contributed by atoms with E-state index in [0.717, 1.165) is 25.4 Å². The molecular weight excluding hydrogens is 184 g/mol. The first-order valence-electron chi connectivity index (χ1n) is 6.68. The third-order valence-electron chi connectivity index (χ3n) is 2.69. The fourth-order valence-corrected chi connectivity index (χ4v) is 1.68. The van der Waals surface area contributed by atoms with E-state index in [4.69, 9.17) is 5.73 Å². The smallest absolute Gasteiger partial charge is 0.00484 e. The molecule has 0 aliphatic carbocycles. The molecule has 2 nitrogen and oxygen atoms in total. The first-order chi connectivity index (χ1) is 7.27. The zero-order valence-corrected chi connectivity index (χ0v) is 10.7. The summed E-state index contributed by atoms with van der Waals surface area (Å²) in [6, 6.07) is 0. The minimum absolute atomic E-state index is 0.830. The topological polar surface area (TPSA) is 38.0 Å². The van der Waals surface area contributed by atoms with Crippen molar-refractivity contribution < 1.29 is 0 Å². The SMILES string of the molecule is CC(C)CCCCCCNCCCCN. The van der Waals surface area contributed by atoms with Crippen LogP contribution in [-0.2, 0) is 0 Å². The van der Waals surface area contributed by atoms with E-state index < -0.39 is 0 Å². The van der Waals surface area contributed by atoms with Crippen molar-refractivity contribution in [2.75, 3.05) is 19.6 Å². The maximum atomic E-state index is 5.42. The van der Waals surface area contributed by atoms with Crippen LogP contribution in [0.2, 0.25) is 0 Å². The van der Waals surface area contributed by atoms with Crippen LogP contribution in [0.4, 0.5) is 0 Å². The Morgan fingerprint density at radius 1 is 0.867 bits per heavy atom. The number of nitrogens with two attached hydrogens (primary N) is 1. The molecule has 92 valence electrons. The molecule has 0 spiro atoms. The lowest BCUT2D eigenvalue weighted by atomic mass is 10.0. The Morgan fingerprint density at radius 3 is 2.07 bits per heavy atom. The molecule has 0 heterocycles. The summed E-state index contributed by atoms with van der Waals surface area (Å²) in [5.74, 6) is 0.874. The second-order valence-electron chi connectivity index (χ2n) is 4.84. The highest BCUT2D eigenvalue weighted by atomic mass is 14.8. The van der Waals surface area contributed by atoms with Gasteiger partial charge in [-0.1, -0.05) is 39.5 Å². The van der Waals surface area contributed by atoms with Crippen molar-refractivity contribution >= 4 is 0 Å². The molecule has 0 aromatic heterocycles. The van der Waals surface area contributed by atoms with Gasteiger partial charge in [0.15, 0.2) is 0 Å². The summed E-state index contributed by atoms with van der Waals surface area (Å²) in [5, 5.41) is 3.46. The molecule has 0 rings (SSSR count). The first kappa shape index (κ1) is 14.9. The van der Waals surface area contributed by atoms with Gasteiger partial charge in [0.05, 0.1) is 0 Å². The normalized spacial score (nSPS) is 11.2. The molecule has 0 bridgehead atoms. The van der Waals surface area contributed by atoms with Gasteiger partial charge in [-0.05, 0) is 44.8 Å². The zero-order chi connectivity index (χ0) is 11.4. The largest absolute Gasteiger partial charge is 0.330 e. The monoisotopic (exact) mass is 214 g/mol. The highest BCUT2D eigenvalue weighted by Crippen LogP contribution is 2.08. The Labute approximate surface area is 96.0 Å². The molecule has 0 aromatic rings. The van der Waals surface area contributed by atoms with Crippen molar-refractivity contribution in [3.05, 3.63) is 0 Å². The number of unbranched alkanes of at least 4 members (excludes halogenated alkanes) is 4. The van der Waals surface area contributed by atoms with Crippen molar-refractivity contribution in [2.45, 2.75) is 58.8 Å². The maximum absolute atomic E-state index is 5.42. The molecule has 3 N–H and O–H groups in total. The standard InChI is InChI=1S/C13H30N2/c1-13(2)9-5-3-4-7-11-15-12-8-6-10-14/h13,15H,3-12,14H2,1-2H3. The molecule has 0 aromatic carbocycles. The van der Waals surface area contributed by atoms with E-state index >= 15 is 0 Å². The van der Waals surface area contributed by atoms with Gasteiger partial charge in [0.2, 0.25) is 0 Å². The molecule has 0 saturated heterocycles. The number of hydrogen-bond acceptors (Lipinski definition) is 2. The third-order valence-corrected chi connectivity index (χ3v) is 2.69. The lowest BCUT2D eigenvalue weighted by Gasteiger charge is -2.05. The summed E-state index contributed by atoms with van der Waals surface area (Å²) >= 11 is 0. The predicted molar refractivity (Wildman–Crippen MR) is 69.1 cm³/mol.